The van der Waals surface area contributed by atoms with Crippen molar-refractivity contribution in [3.63, 3.8) is 0 Å². The smallest absolute Gasteiger partial charge is 0.322 e. The molecule has 0 heterocycles. The monoisotopic (exact) mass is 173 g/mol. The van der Waals surface area contributed by atoms with E-state index in [-0.39, 0.29) is 12.0 Å². The molecular formula is C9H19NO2. The highest BCUT2D eigenvalue weighted by Crippen LogP contribution is 2.00. The summed E-state index contributed by atoms with van der Waals surface area (Å²) >= 11 is 0. The quantitative estimate of drug-likeness (QED) is 0.637. The lowest BCUT2D eigenvalue weighted by atomic mass is 10.1. The molecule has 0 fully saturated rings. The Morgan fingerprint density at radius 3 is 2.42 bits per heavy atom. The van der Waals surface area contributed by atoms with Gasteiger partial charge in [0.2, 0.25) is 0 Å². The maximum atomic E-state index is 11.2. The Hall–Kier alpha value is -0.570. The van der Waals surface area contributed by atoms with E-state index in [2.05, 4.69) is 17.0 Å². The van der Waals surface area contributed by atoms with Gasteiger partial charge in [0.15, 0.2) is 0 Å². The van der Waals surface area contributed by atoms with Crippen molar-refractivity contribution in [1.82, 2.24) is 5.32 Å². The van der Waals surface area contributed by atoms with Crippen molar-refractivity contribution in [2.24, 2.45) is 0 Å². The van der Waals surface area contributed by atoms with E-state index in [1.807, 2.05) is 13.8 Å². The highest BCUT2D eigenvalue weighted by Gasteiger charge is 2.17. The summed E-state index contributed by atoms with van der Waals surface area (Å²) in [4.78, 5) is 11.2. The predicted octanol–water partition coefficient (Wildman–Crippen LogP) is 1.33. The molecule has 3 heteroatoms. The zero-order chi connectivity index (χ0) is 9.56. The molecule has 0 radical (unpaired) electrons. The zero-order valence-corrected chi connectivity index (χ0v) is 8.39. The summed E-state index contributed by atoms with van der Waals surface area (Å²) in [6.07, 6.45) is 1.82. The first-order valence-corrected chi connectivity index (χ1v) is 4.45. The van der Waals surface area contributed by atoms with Gasteiger partial charge in [0.1, 0.15) is 6.04 Å². The molecule has 0 aromatic rings. The number of hydrogen-bond donors (Lipinski definition) is 1. The molecule has 0 spiro atoms. The van der Waals surface area contributed by atoms with Crippen LogP contribution in [0.3, 0.4) is 0 Å². The van der Waals surface area contributed by atoms with Crippen LogP contribution in [0.4, 0.5) is 0 Å². The summed E-state index contributed by atoms with van der Waals surface area (Å²) in [6.45, 7) is 6.09. The van der Waals surface area contributed by atoms with E-state index < -0.39 is 0 Å². The Labute approximate surface area is 74.5 Å². The summed E-state index contributed by atoms with van der Waals surface area (Å²) in [6, 6.07) is 0.181. The number of rotatable bonds is 5. The summed E-state index contributed by atoms with van der Waals surface area (Å²) in [5.41, 5.74) is 0. The van der Waals surface area contributed by atoms with Crippen molar-refractivity contribution < 1.29 is 9.53 Å². The molecule has 0 bridgehead atoms. The minimum Gasteiger partial charge on any atom is -0.468 e. The number of methoxy groups -OCH3 is 1. The van der Waals surface area contributed by atoms with Gasteiger partial charge in [0.25, 0.3) is 0 Å². The van der Waals surface area contributed by atoms with Crippen LogP contribution in [0, 0.1) is 0 Å². The molecule has 0 rings (SSSR count). The lowest BCUT2D eigenvalue weighted by molar-refractivity contribution is -0.143. The van der Waals surface area contributed by atoms with E-state index in [9.17, 15) is 4.79 Å². The average molecular weight is 173 g/mol. The van der Waals surface area contributed by atoms with Crippen LogP contribution >= 0.6 is 0 Å². The van der Waals surface area contributed by atoms with Gasteiger partial charge < -0.3 is 10.1 Å². The number of nitrogens with one attached hydrogen (secondary N) is 1. The fourth-order valence-electron chi connectivity index (χ4n) is 1.10. The van der Waals surface area contributed by atoms with E-state index in [0.29, 0.717) is 6.04 Å². The van der Waals surface area contributed by atoms with Gasteiger partial charge in [-0.15, -0.1) is 0 Å². The van der Waals surface area contributed by atoms with Crippen molar-refractivity contribution in [2.45, 2.75) is 45.7 Å². The molecule has 1 N–H and O–H groups in total. The minimum atomic E-state index is -0.162. The third kappa shape index (κ3) is 4.34. The Kier molecular flexibility index (Phi) is 5.72. The molecule has 1 unspecified atom stereocenters. The highest BCUT2D eigenvalue weighted by atomic mass is 16.5. The van der Waals surface area contributed by atoms with Crippen molar-refractivity contribution in [3.05, 3.63) is 0 Å². The highest BCUT2D eigenvalue weighted by molar-refractivity contribution is 5.75. The topological polar surface area (TPSA) is 38.3 Å². The average Bonchev–Trinajstić information content (AvgIpc) is 2.01. The Morgan fingerprint density at radius 2 is 2.08 bits per heavy atom. The van der Waals surface area contributed by atoms with Gasteiger partial charge in [0.05, 0.1) is 7.11 Å². The standard InChI is InChI=1S/C9H19NO2/c1-5-6-8(9(11)12-4)10-7(2)3/h7-8,10H,5-6H2,1-4H3. The summed E-state index contributed by atoms with van der Waals surface area (Å²) in [5.74, 6) is -0.162. The number of hydrogen-bond acceptors (Lipinski definition) is 3. The van der Waals surface area contributed by atoms with Crippen molar-refractivity contribution >= 4 is 5.97 Å². The molecule has 0 aliphatic heterocycles. The van der Waals surface area contributed by atoms with E-state index in [4.69, 9.17) is 0 Å². The van der Waals surface area contributed by atoms with Gasteiger partial charge >= 0.3 is 5.97 Å². The molecule has 72 valence electrons. The number of carbonyl (C=O) groups is 1. The first-order chi connectivity index (χ1) is 5.61. The molecule has 12 heavy (non-hydrogen) atoms. The molecule has 0 amide bonds. The largest absolute Gasteiger partial charge is 0.468 e. The van der Waals surface area contributed by atoms with E-state index in [1.165, 1.54) is 7.11 Å². The third-order valence-corrected chi connectivity index (χ3v) is 1.60. The second kappa shape index (κ2) is 6.00. The molecule has 0 saturated heterocycles. The van der Waals surface area contributed by atoms with Crippen LogP contribution in [0.2, 0.25) is 0 Å². The fraction of sp³-hybridized carbons (Fsp3) is 0.889. The van der Waals surface area contributed by atoms with Gasteiger partial charge in [-0.2, -0.15) is 0 Å². The van der Waals surface area contributed by atoms with Crippen LogP contribution in [-0.2, 0) is 9.53 Å². The van der Waals surface area contributed by atoms with Crippen LogP contribution in [-0.4, -0.2) is 25.2 Å². The van der Waals surface area contributed by atoms with Crippen molar-refractivity contribution in [3.8, 4) is 0 Å². The number of ether oxygens (including phenoxy) is 1. The Bertz CT molecular complexity index is 134. The van der Waals surface area contributed by atoms with Crippen LogP contribution in [0.5, 0.6) is 0 Å². The van der Waals surface area contributed by atoms with Crippen LogP contribution in [0.25, 0.3) is 0 Å². The molecular weight excluding hydrogens is 154 g/mol. The molecule has 3 nitrogen and oxygen atoms in total. The first-order valence-electron chi connectivity index (χ1n) is 4.45. The zero-order valence-electron chi connectivity index (χ0n) is 8.39. The first kappa shape index (κ1) is 11.4. The molecule has 0 saturated carbocycles. The van der Waals surface area contributed by atoms with Crippen molar-refractivity contribution in [2.75, 3.05) is 7.11 Å². The fourth-order valence-corrected chi connectivity index (χ4v) is 1.10. The van der Waals surface area contributed by atoms with Gasteiger partial charge in [0, 0.05) is 6.04 Å². The maximum absolute atomic E-state index is 11.2. The molecule has 1 atom stereocenters. The normalized spacial score (nSPS) is 13.1. The molecule has 0 aliphatic rings. The molecule has 0 aliphatic carbocycles. The summed E-state index contributed by atoms with van der Waals surface area (Å²) in [5, 5.41) is 3.16. The Balaban J connectivity index is 3.94. The number of carbonyl (C=O) groups excluding carboxylic acids is 1. The summed E-state index contributed by atoms with van der Waals surface area (Å²) < 4.78 is 4.66. The van der Waals surface area contributed by atoms with Gasteiger partial charge in [-0.1, -0.05) is 27.2 Å². The van der Waals surface area contributed by atoms with E-state index >= 15 is 0 Å². The predicted molar refractivity (Wildman–Crippen MR) is 49.0 cm³/mol. The van der Waals surface area contributed by atoms with E-state index in [1.54, 1.807) is 0 Å². The van der Waals surface area contributed by atoms with Crippen LogP contribution < -0.4 is 5.32 Å². The van der Waals surface area contributed by atoms with Gasteiger partial charge in [-0.25, -0.2) is 0 Å². The minimum absolute atomic E-state index is 0.139. The second-order valence-electron chi connectivity index (χ2n) is 3.19. The van der Waals surface area contributed by atoms with Gasteiger partial charge in [-0.05, 0) is 6.42 Å². The van der Waals surface area contributed by atoms with Gasteiger partial charge in [-0.3, -0.25) is 4.79 Å². The van der Waals surface area contributed by atoms with Crippen LogP contribution in [0.15, 0.2) is 0 Å². The van der Waals surface area contributed by atoms with Crippen LogP contribution in [0.1, 0.15) is 33.6 Å². The summed E-state index contributed by atoms with van der Waals surface area (Å²) in [7, 11) is 1.42. The van der Waals surface area contributed by atoms with E-state index in [0.717, 1.165) is 12.8 Å². The third-order valence-electron chi connectivity index (χ3n) is 1.60. The van der Waals surface area contributed by atoms with Crippen molar-refractivity contribution in [1.29, 1.82) is 0 Å². The molecule has 0 aromatic carbocycles. The Morgan fingerprint density at radius 1 is 1.50 bits per heavy atom. The number of esters is 1. The second-order valence-corrected chi connectivity index (χ2v) is 3.19. The lowest BCUT2D eigenvalue weighted by Crippen LogP contribution is -2.41. The lowest BCUT2D eigenvalue weighted by Gasteiger charge is -2.17. The SMILES string of the molecule is CCCC(NC(C)C)C(=O)OC. The molecule has 0 aromatic heterocycles. The maximum Gasteiger partial charge on any atom is 0.322 e.